The van der Waals surface area contributed by atoms with E-state index in [2.05, 4.69) is 10.3 Å². The molecule has 1 aromatic rings. The summed E-state index contributed by atoms with van der Waals surface area (Å²) in [5.41, 5.74) is 6.58. The third kappa shape index (κ3) is 3.00. The molecule has 2 fully saturated rings. The molecule has 0 spiro atoms. The van der Waals surface area contributed by atoms with Crippen LogP contribution in [0.15, 0.2) is 18.3 Å². The highest BCUT2D eigenvalue weighted by atomic mass is 35.5. The molecule has 2 aliphatic rings. The van der Waals surface area contributed by atoms with Crippen LogP contribution < -0.4 is 11.1 Å². The molecule has 19 heavy (non-hydrogen) atoms. The lowest BCUT2D eigenvalue weighted by atomic mass is 9.89. The number of amides is 1. The number of halogens is 1. The van der Waals surface area contributed by atoms with E-state index >= 15 is 0 Å². The molecule has 1 amide bonds. The molecule has 4 nitrogen and oxygen atoms in total. The highest BCUT2D eigenvalue weighted by molar-refractivity contribution is 5.92. The number of carbonyl (C=O) groups is 1. The van der Waals surface area contributed by atoms with E-state index in [1.165, 1.54) is 31.9 Å². The van der Waals surface area contributed by atoms with Gasteiger partial charge in [-0.15, -0.1) is 12.4 Å². The van der Waals surface area contributed by atoms with Crippen LogP contribution in [0.4, 0.5) is 5.69 Å². The molecule has 3 atom stereocenters. The van der Waals surface area contributed by atoms with E-state index in [4.69, 9.17) is 5.73 Å². The maximum atomic E-state index is 11.9. The van der Waals surface area contributed by atoms with Crippen LogP contribution in [-0.2, 0) is 0 Å². The third-order valence-electron chi connectivity index (χ3n) is 4.43. The van der Waals surface area contributed by atoms with Crippen LogP contribution in [-0.4, -0.2) is 17.4 Å². The zero-order chi connectivity index (χ0) is 12.5. The van der Waals surface area contributed by atoms with Gasteiger partial charge in [0.25, 0.3) is 5.91 Å². The number of aromatic nitrogens is 1. The maximum Gasteiger partial charge on any atom is 0.269 e. The van der Waals surface area contributed by atoms with E-state index in [0.717, 1.165) is 18.4 Å². The fourth-order valence-corrected chi connectivity index (χ4v) is 3.48. The van der Waals surface area contributed by atoms with Crippen molar-refractivity contribution >= 4 is 24.0 Å². The van der Waals surface area contributed by atoms with Crippen LogP contribution in [0.25, 0.3) is 0 Å². The third-order valence-corrected chi connectivity index (χ3v) is 4.43. The Morgan fingerprint density at radius 3 is 2.79 bits per heavy atom. The summed E-state index contributed by atoms with van der Waals surface area (Å²) in [6.07, 6.45) is 6.94. The number of anilines is 1. The van der Waals surface area contributed by atoms with Crippen molar-refractivity contribution in [2.75, 3.05) is 12.3 Å². The summed E-state index contributed by atoms with van der Waals surface area (Å²) in [6.45, 7) is 0.798. The maximum absolute atomic E-state index is 11.9. The normalized spacial score (nSPS) is 27.9. The fraction of sp³-hybridized carbons (Fsp3) is 0.571. The number of hydrogen-bond donors (Lipinski definition) is 2. The van der Waals surface area contributed by atoms with Crippen molar-refractivity contribution in [2.24, 2.45) is 17.8 Å². The van der Waals surface area contributed by atoms with E-state index in [1.54, 1.807) is 12.1 Å². The second-order valence-electron chi connectivity index (χ2n) is 5.62. The average Bonchev–Trinajstić information content (AvgIpc) is 2.99. The van der Waals surface area contributed by atoms with Crippen molar-refractivity contribution in [2.45, 2.75) is 25.7 Å². The van der Waals surface area contributed by atoms with E-state index in [9.17, 15) is 4.79 Å². The Morgan fingerprint density at radius 2 is 2.21 bits per heavy atom. The quantitative estimate of drug-likeness (QED) is 0.893. The summed E-state index contributed by atoms with van der Waals surface area (Å²) in [6, 6.07) is 3.38. The Kier molecular flexibility index (Phi) is 4.30. The van der Waals surface area contributed by atoms with Gasteiger partial charge in [0.15, 0.2) is 0 Å². The molecule has 3 rings (SSSR count). The first-order valence-electron chi connectivity index (χ1n) is 6.72. The molecule has 1 heterocycles. The largest absolute Gasteiger partial charge is 0.397 e. The number of nitrogen functional groups attached to an aromatic ring is 1. The second-order valence-corrected chi connectivity index (χ2v) is 5.62. The standard InChI is InChI=1S/C14H19N3O.ClH/c15-12-3-4-13(16-8-12)14(18)17-7-11-6-9-1-2-10(11)5-9;/h3-4,8-11H,1-2,5-7,15H2,(H,17,18);1H. The molecule has 0 aliphatic heterocycles. The first-order chi connectivity index (χ1) is 8.72. The second kappa shape index (κ2) is 5.78. The number of carbonyl (C=O) groups excluding carboxylic acids is 1. The van der Waals surface area contributed by atoms with Crippen LogP contribution in [0, 0.1) is 17.8 Å². The van der Waals surface area contributed by atoms with Crippen molar-refractivity contribution in [1.29, 1.82) is 0 Å². The number of rotatable bonds is 3. The van der Waals surface area contributed by atoms with Crippen LogP contribution in [0.3, 0.4) is 0 Å². The number of pyridine rings is 1. The van der Waals surface area contributed by atoms with Gasteiger partial charge in [-0.05, 0) is 49.1 Å². The zero-order valence-corrected chi connectivity index (χ0v) is 11.7. The molecule has 104 valence electrons. The van der Waals surface area contributed by atoms with E-state index in [-0.39, 0.29) is 18.3 Å². The highest BCUT2D eigenvalue weighted by Crippen LogP contribution is 2.47. The monoisotopic (exact) mass is 281 g/mol. The van der Waals surface area contributed by atoms with Gasteiger partial charge in [0.1, 0.15) is 5.69 Å². The molecule has 0 radical (unpaired) electrons. The minimum atomic E-state index is -0.0854. The van der Waals surface area contributed by atoms with Crippen LogP contribution in [0.1, 0.15) is 36.2 Å². The lowest BCUT2D eigenvalue weighted by Crippen LogP contribution is -2.32. The van der Waals surface area contributed by atoms with Gasteiger partial charge in [-0.1, -0.05) is 6.42 Å². The highest BCUT2D eigenvalue weighted by Gasteiger charge is 2.39. The summed E-state index contributed by atoms with van der Waals surface area (Å²) < 4.78 is 0. The van der Waals surface area contributed by atoms with Crippen LogP contribution in [0.5, 0.6) is 0 Å². The fourth-order valence-electron chi connectivity index (χ4n) is 3.48. The van der Waals surface area contributed by atoms with E-state index < -0.39 is 0 Å². The van der Waals surface area contributed by atoms with Crippen molar-refractivity contribution in [3.63, 3.8) is 0 Å². The van der Waals surface area contributed by atoms with Gasteiger partial charge in [-0.3, -0.25) is 4.79 Å². The van der Waals surface area contributed by atoms with Crippen molar-refractivity contribution in [1.82, 2.24) is 10.3 Å². The summed E-state index contributed by atoms with van der Waals surface area (Å²) in [4.78, 5) is 15.9. The van der Waals surface area contributed by atoms with Gasteiger partial charge in [0, 0.05) is 6.54 Å². The minimum Gasteiger partial charge on any atom is -0.397 e. The van der Waals surface area contributed by atoms with E-state index in [1.807, 2.05) is 0 Å². The van der Waals surface area contributed by atoms with Crippen molar-refractivity contribution < 1.29 is 4.79 Å². The van der Waals surface area contributed by atoms with Gasteiger partial charge < -0.3 is 11.1 Å². The number of nitrogens with zero attached hydrogens (tertiary/aromatic N) is 1. The van der Waals surface area contributed by atoms with Gasteiger partial charge in [0.05, 0.1) is 11.9 Å². The number of nitrogens with one attached hydrogen (secondary N) is 1. The molecular weight excluding hydrogens is 262 g/mol. The summed E-state index contributed by atoms with van der Waals surface area (Å²) in [7, 11) is 0. The Balaban J connectivity index is 0.00000133. The Morgan fingerprint density at radius 1 is 1.37 bits per heavy atom. The molecule has 2 bridgehead atoms. The van der Waals surface area contributed by atoms with Crippen LogP contribution in [0.2, 0.25) is 0 Å². The van der Waals surface area contributed by atoms with Gasteiger partial charge in [0.2, 0.25) is 0 Å². The summed E-state index contributed by atoms with van der Waals surface area (Å²) in [5, 5.41) is 3.00. The molecule has 2 aliphatic carbocycles. The SMILES string of the molecule is Cl.Nc1ccc(C(=O)NCC2CC3CCC2C3)nc1. The first kappa shape index (κ1) is 14.1. The van der Waals surface area contributed by atoms with Gasteiger partial charge in [-0.25, -0.2) is 4.98 Å². The molecule has 0 saturated heterocycles. The molecule has 2 saturated carbocycles. The molecule has 3 N–H and O–H groups in total. The lowest BCUT2D eigenvalue weighted by molar-refractivity contribution is 0.0937. The average molecular weight is 282 g/mol. The smallest absolute Gasteiger partial charge is 0.269 e. The van der Waals surface area contributed by atoms with Crippen molar-refractivity contribution in [3.05, 3.63) is 24.0 Å². The van der Waals surface area contributed by atoms with Crippen molar-refractivity contribution in [3.8, 4) is 0 Å². The molecule has 0 aromatic carbocycles. The predicted octanol–water partition coefficient (Wildman–Crippen LogP) is 2.25. The Hall–Kier alpha value is -1.29. The Labute approximate surface area is 119 Å². The minimum absolute atomic E-state index is 0. The lowest BCUT2D eigenvalue weighted by Gasteiger charge is -2.21. The number of nitrogens with two attached hydrogens (primary N) is 1. The predicted molar refractivity (Wildman–Crippen MR) is 77.2 cm³/mol. The molecule has 1 aromatic heterocycles. The summed E-state index contributed by atoms with van der Waals surface area (Å²) >= 11 is 0. The zero-order valence-electron chi connectivity index (χ0n) is 10.8. The van der Waals surface area contributed by atoms with Crippen LogP contribution >= 0.6 is 12.4 Å². The van der Waals surface area contributed by atoms with Gasteiger partial charge in [-0.2, -0.15) is 0 Å². The number of fused-ring (bicyclic) bond motifs is 2. The number of hydrogen-bond acceptors (Lipinski definition) is 3. The summed E-state index contributed by atoms with van der Waals surface area (Å²) in [5.74, 6) is 2.36. The Bertz CT molecular complexity index is 449. The molecule has 3 unspecified atom stereocenters. The first-order valence-corrected chi connectivity index (χ1v) is 6.72. The molecule has 5 heteroatoms. The molecular formula is C14H20ClN3O. The van der Waals surface area contributed by atoms with E-state index in [0.29, 0.717) is 17.3 Å². The van der Waals surface area contributed by atoms with Gasteiger partial charge >= 0.3 is 0 Å². The topological polar surface area (TPSA) is 68.0 Å².